The number of rotatable bonds is 6. The first-order chi connectivity index (χ1) is 12.6. The molecule has 1 N–H and O–H groups in total. The smallest absolute Gasteiger partial charge is 0.269 e. The fraction of sp³-hybridized carbons (Fsp3) is 0.412. The van der Waals surface area contributed by atoms with Crippen LogP contribution < -0.4 is 5.32 Å². The van der Waals surface area contributed by atoms with E-state index in [0.717, 1.165) is 12.8 Å². The maximum Gasteiger partial charge on any atom is 0.269 e. The summed E-state index contributed by atoms with van der Waals surface area (Å²) in [5.74, 6) is 0.371. The molecule has 1 aromatic carbocycles. The van der Waals surface area contributed by atoms with Gasteiger partial charge in [-0.15, -0.1) is 5.10 Å². The quantitative estimate of drug-likeness (QED) is 0.483. The van der Waals surface area contributed by atoms with Crippen molar-refractivity contribution in [1.29, 1.82) is 0 Å². The minimum atomic E-state index is -0.462. The van der Waals surface area contributed by atoms with E-state index in [9.17, 15) is 14.9 Å². The summed E-state index contributed by atoms with van der Waals surface area (Å²) in [6, 6.07) is 6.28. The van der Waals surface area contributed by atoms with Gasteiger partial charge in [0.15, 0.2) is 5.82 Å². The number of hydrogen-bond donors (Lipinski definition) is 1. The van der Waals surface area contributed by atoms with Crippen LogP contribution in [0.3, 0.4) is 0 Å². The maximum absolute atomic E-state index is 12.0. The molecule has 1 aliphatic rings. The molecular formula is C17H20N6O3. The van der Waals surface area contributed by atoms with Crippen LogP contribution in [0.4, 0.5) is 5.69 Å². The van der Waals surface area contributed by atoms with E-state index in [1.165, 1.54) is 37.5 Å². The molecule has 1 aliphatic carbocycles. The summed E-state index contributed by atoms with van der Waals surface area (Å²) < 4.78 is 1.82. The van der Waals surface area contributed by atoms with E-state index >= 15 is 0 Å². The number of tetrazole rings is 1. The number of non-ortho nitro benzene ring substituents is 1. The molecule has 0 atom stereocenters. The second kappa shape index (κ2) is 8.32. The molecule has 9 heteroatoms. The lowest BCUT2D eigenvalue weighted by Crippen LogP contribution is -2.25. The van der Waals surface area contributed by atoms with E-state index in [2.05, 4.69) is 20.8 Å². The van der Waals surface area contributed by atoms with E-state index < -0.39 is 4.92 Å². The molecule has 0 spiro atoms. The predicted molar refractivity (Wildman–Crippen MR) is 93.9 cm³/mol. The minimum absolute atomic E-state index is 0.0150. The summed E-state index contributed by atoms with van der Waals surface area (Å²) in [5, 5.41) is 25.2. The van der Waals surface area contributed by atoms with Gasteiger partial charge in [0.05, 0.1) is 17.5 Å². The Morgan fingerprint density at radius 1 is 1.27 bits per heavy atom. The molecule has 0 unspecified atom stereocenters. The van der Waals surface area contributed by atoms with Gasteiger partial charge in [-0.2, -0.15) is 0 Å². The largest absolute Gasteiger partial charge is 0.345 e. The minimum Gasteiger partial charge on any atom is -0.345 e. The van der Waals surface area contributed by atoms with Crippen molar-refractivity contribution < 1.29 is 9.72 Å². The van der Waals surface area contributed by atoms with Crippen molar-refractivity contribution in [2.24, 2.45) is 0 Å². The van der Waals surface area contributed by atoms with E-state index in [0.29, 0.717) is 17.4 Å². The van der Waals surface area contributed by atoms with Gasteiger partial charge in [0, 0.05) is 18.2 Å². The Balaban J connectivity index is 1.54. The van der Waals surface area contributed by atoms with E-state index in [-0.39, 0.29) is 18.1 Å². The SMILES string of the molecule is O=C(/C=C\c1ccc([N+](=O)[O-])cc1)NCc1nnnn1C1CCCCC1. The number of nitro benzene ring substituents is 1. The Morgan fingerprint density at radius 3 is 2.69 bits per heavy atom. The van der Waals surface area contributed by atoms with Crippen molar-refractivity contribution in [3.05, 3.63) is 51.8 Å². The van der Waals surface area contributed by atoms with Crippen molar-refractivity contribution >= 4 is 17.7 Å². The van der Waals surface area contributed by atoms with Crippen molar-refractivity contribution in [1.82, 2.24) is 25.5 Å². The van der Waals surface area contributed by atoms with Crippen LogP contribution in [-0.4, -0.2) is 31.0 Å². The number of carbonyl (C=O) groups excluding carboxylic acids is 1. The highest BCUT2D eigenvalue weighted by molar-refractivity contribution is 5.91. The summed E-state index contributed by atoms with van der Waals surface area (Å²) in [5.41, 5.74) is 0.721. The lowest BCUT2D eigenvalue weighted by Gasteiger charge is -2.22. The Labute approximate surface area is 150 Å². The first-order valence-corrected chi connectivity index (χ1v) is 8.60. The Kier molecular flexibility index (Phi) is 5.67. The van der Waals surface area contributed by atoms with Crippen molar-refractivity contribution in [3.8, 4) is 0 Å². The molecule has 9 nitrogen and oxygen atoms in total. The van der Waals surface area contributed by atoms with Gasteiger partial charge in [0.1, 0.15) is 0 Å². The first kappa shape index (κ1) is 17.7. The summed E-state index contributed by atoms with van der Waals surface area (Å²) in [6.07, 6.45) is 8.71. The highest BCUT2D eigenvalue weighted by atomic mass is 16.6. The van der Waals surface area contributed by atoms with Crippen LogP contribution in [0.15, 0.2) is 30.3 Å². The highest BCUT2D eigenvalue weighted by Gasteiger charge is 2.19. The van der Waals surface area contributed by atoms with Crippen LogP contribution in [0.25, 0.3) is 6.08 Å². The number of carbonyl (C=O) groups is 1. The second-order valence-electron chi connectivity index (χ2n) is 6.23. The zero-order valence-corrected chi connectivity index (χ0v) is 14.2. The summed E-state index contributed by atoms with van der Waals surface area (Å²) in [4.78, 5) is 22.2. The summed E-state index contributed by atoms with van der Waals surface area (Å²) in [7, 11) is 0. The number of nitrogens with one attached hydrogen (secondary N) is 1. The molecule has 1 saturated carbocycles. The Morgan fingerprint density at radius 2 is 2.00 bits per heavy atom. The molecule has 136 valence electrons. The molecule has 0 saturated heterocycles. The number of benzene rings is 1. The lowest BCUT2D eigenvalue weighted by atomic mass is 9.95. The van der Waals surface area contributed by atoms with Crippen LogP contribution in [0.2, 0.25) is 0 Å². The van der Waals surface area contributed by atoms with Crippen LogP contribution in [-0.2, 0) is 11.3 Å². The van der Waals surface area contributed by atoms with Gasteiger partial charge in [-0.25, -0.2) is 4.68 Å². The second-order valence-corrected chi connectivity index (χ2v) is 6.23. The number of nitrogens with zero attached hydrogens (tertiary/aromatic N) is 5. The molecule has 2 aromatic rings. The van der Waals surface area contributed by atoms with E-state index in [1.54, 1.807) is 18.2 Å². The molecule has 0 aliphatic heterocycles. The lowest BCUT2D eigenvalue weighted by molar-refractivity contribution is -0.384. The standard InChI is InChI=1S/C17H20N6O3/c24-17(11-8-13-6-9-15(10-7-13)23(25)26)18-12-16-19-20-21-22(16)14-4-2-1-3-5-14/h6-11,14H,1-5,12H2,(H,18,24)/b11-8-. The third-order valence-electron chi connectivity index (χ3n) is 4.43. The zero-order valence-electron chi connectivity index (χ0n) is 14.2. The zero-order chi connectivity index (χ0) is 18.4. The van der Waals surface area contributed by atoms with Gasteiger partial charge >= 0.3 is 0 Å². The van der Waals surface area contributed by atoms with Crippen LogP contribution in [0.5, 0.6) is 0 Å². The normalized spacial score (nSPS) is 15.2. The maximum atomic E-state index is 12.0. The van der Waals surface area contributed by atoms with Gasteiger partial charge in [-0.3, -0.25) is 14.9 Å². The number of amides is 1. The topological polar surface area (TPSA) is 116 Å². The van der Waals surface area contributed by atoms with Gasteiger partial charge in [0.2, 0.25) is 5.91 Å². The average Bonchev–Trinajstić information content (AvgIpc) is 3.14. The summed E-state index contributed by atoms with van der Waals surface area (Å²) in [6.45, 7) is 0.257. The van der Waals surface area contributed by atoms with Crippen LogP contribution in [0, 0.1) is 10.1 Å². The van der Waals surface area contributed by atoms with Gasteiger partial charge in [-0.1, -0.05) is 19.3 Å². The molecular weight excluding hydrogens is 336 g/mol. The van der Waals surface area contributed by atoms with Crippen LogP contribution >= 0.6 is 0 Å². The number of aromatic nitrogens is 4. The fourth-order valence-corrected chi connectivity index (χ4v) is 3.04. The Bertz CT molecular complexity index is 793. The first-order valence-electron chi connectivity index (χ1n) is 8.60. The monoisotopic (exact) mass is 356 g/mol. The van der Waals surface area contributed by atoms with Gasteiger partial charge in [0.25, 0.3) is 5.69 Å². The molecule has 3 rings (SSSR count). The predicted octanol–water partition coefficient (Wildman–Crippen LogP) is 2.42. The van der Waals surface area contributed by atoms with E-state index in [4.69, 9.17) is 0 Å². The molecule has 0 radical (unpaired) electrons. The molecule has 1 aromatic heterocycles. The summed E-state index contributed by atoms with van der Waals surface area (Å²) >= 11 is 0. The van der Waals surface area contributed by atoms with Crippen molar-refractivity contribution in [2.75, 3.05) is 0 Å². The molecule has 0 bridgehead atoms. The third-order valence-corrected chi connectivity index (χ3v) is 4.43. The molecule has 1 amide bonds. The molecule has 1 fully saturated rings. The van der Waals surface area contributed by atoms with Gasteiger partial charge in [-0.05, 0) is 47.0 Å². The number of hydrogen-bond acceptors (Lipinski definition) is 6. The van der Waals surface area contributed by atoms with Crippen molar-refractivity contribution in [3.63, 3.8) is 0 Å². The number of nitro groups is 1. The molecule has 26 heavy (non-hydrogen) atoms. The Hall–Kier alpha value is -3.10. The third kappa shape index (κ3) is 4.50. The van der Waals surface area contributed by atoms with Crippen molar-refractivity contribution in [2.45, 2.75) is 44.7 Å². The van der Waals surface area contributed by atoms with E-state index in [1.807, 2.05) is 4.68 Å². The molecule has 1 heterocycles. The highest BCUT2D eigenvalue weighted by Crippen LogP contribution is 2.27. The van der Waals surface area contributed by atoms with Gasteiger partial charge < -0.3 is 5.32 Å². The van der Waals surface area contributed by atoms with Crippen LogP contribution in [0.1, 0.15) is 49.5 Å². The fourth-order valence-electron chi connectivity index (χ4n) is 3.04. The average molecular weight is 356 g/mol.